The summed E-state index contributed by atoms with van der Waals surface area (Å²) in [6.07, 6.45) is 0.387. The number of aliphatic hydroxyl groups is 1. The quantitative estimate of drug-likeness (QED) is 0.0521. The van der Waals surface area contributed by atoms with E-state index in [1.807, 2.05) is 44.2 Å². The van der Waals surface area contributed by atoms with Gasteiger partial charge >= 0.3 is 12.0 Å². The number of hydrogen-bond donors (Lipinski definition) is 4. The molecule has 1 aliphatic heterocycles. The van der Waals surface area contributed by atoms with Crippen LogP contribution in [0.1, 0.15) is 43.5 Å². The standard InChI is InChI=1S/C33H36ClIN4O8/c1-5-44-26-15-21(30-29(32(41)43-4)19(3)37-33(42)38-30)11-12-25(26)46-18-28(40)39-36-16-20-13-24(35)31(27(14-20)45-6-2)47-17-22-9-7-8-10-23(22)34/h7-16,28,30,39-40H,5-6,17-18H2,1-4H3,(H2,37,38,42)/b36-16+/t28-,30-/m0/s1. The number of aliphatic hydroxyl groups excluding tert-OH is 1. The van der Waals surface area contributed by atoms with Gasteiger partial charge in [-0.05, 0) is 84.8 Å². The molecule has 250 valence electrons. The molecule has 1 heterocycles. The number of carbonyl (C=O) groups excluding carboxylic acids is 2. The molecule has 0 radical (unpaired) electrons. The SMILES string of the molecule is CCOc1cc([C@@H]2NC(=O)NC(C)=C2C(=O)OC)ccc1OC[C@H](O)N/N=C/c1cc(I)c(OCc2ccccc2Cl)c(OCC)c1. The number of hydrogen-bond acceptors (Lipinski definition) is 10. The van der Waals surface area contributed by atoms with Crippen LogP contribution in [0.4, 0.5) is 4.79 Å². The molecule has 14 heteroatoms. The van der Waals surface area contributed by atoms with Gasteiger partial charge in [0, 0.05) is 16.3 Å². The first-order valence-electron chi connectivity index (χ1n) is 14.7. The van der Waals surface area contributed by atoms with Crippen molar-refractivity contribution in [3.63, 3.8) is 0 Å². The maximum atomic E-state index is 12.5. The van der Waals surface area contributed by atoms with E-state index in [1.54, 1.807) is 37.4 Å². The van der Waals surface area contributed by atoms with Crippen molar-refractivity contribution >= 4 is 52.4 Å². The third-order valence-corrected chi connectivity index (χ3v) is 7.94. The molecule has 3 aromatic rings. The summed E-state index contributed by atoms with van der Waals surface area (Å²) in [5.41, 5.74) is 5.47. The number of benzene rings is 3. The van der Waals surface area contributed by atoms with Gasteiger partial charge in [-0.2, -0.15) is 5.10 Å². The Kier molecular flexibility index (Phi) is 13.0. The average molecular weight is 779 g/mol. The first kappa shape index (κ1) is 35.6. The lowest BCUT2D eigenvalue weighted by atomic mass is 9.95. The number of ether oxygens (including phenoxy) is 5. The van der Waals surface area contributed by atoms with Crippen molar-refractivity contribution in [3.05, 3.63) is 91.2 Å². The lowest BCUT2D eigenvalue weighted by Crippen LogP contribution is -2.45. The molecular formula is C33H36ClIN4O8. The highest BCUT2D eigenvalue weighted by Gasteiger charge is 2.32. The molecule has 12 nitrogen and oxygen atoms in total. The number of halogens is 2. The van der Waals surface area contributed by atoms with E-state index in [-0.39, 0.29) is 18.8 Å². The van der Waals surface area contributed by atoms with Gasteiger partial charge in [-0.25, -0.2) is 9.59 Å². The number of nitrogens with zero attached hydrogens (tertiary/aromatic N) is 1. The maximum absolute atomic E-state index is 12.5. The van der Waals surface area contributed by atoms with Crippen LogP contribution < -0.4 is 35.0 Å². The van der Waals surface area contributed by atoms with E-state index < -0.39 is 24.3 Å². The summed E-state index contributed by atoms with van der Waals surface area (Å²) in [7, 11) is 1.27. The Labute approximate surface area is 291 Å². The number of rotatable bonds is 15. The minimum atomic E-state index is -1.16. The van der Waals surface area contributed by atoms with Crippen LogP contribution >= 0.6 is 34.2 Å². The van der Waals surface area contributed by atoms with Gasteiger partial charge in [0.05, 0.1) is 41.7 Å². The molecule has 0 saturated heterocycles. The minimum Gasteiger partial charge on any atom is -0.490 e. The Bertz CT molecular complexity index is 1650. The molecule has 47 heavy (non-hydrogen) atoms. The van der Waals surface area contributed by atoms with Crippen LogP contribution in [0.25, 0.3) is 0 Å². The number of urea groups is 1. The summed E-state index contributed by atoms with van der Waals surface area (Å²) in [4.78, 5) is 24.7. The number of amides is 2. The highest BCUT2D eigenvalue weighted by molar-refractivity contribution is 14.1. The highest BCUT2D eigenvalue weighted by atomic mass is 127. The van der Waals surface area contributed by atoms with E-state index in [9.17, 15) is 14.7 Å². The zero-order chi connectivity index (χ0) is 33.9. The van der Waals surface area contributed by atoms with Gasteiger partial charge in [0.1, 0.15) is 13.2 Å². The van der Waals surface area contributed by atoms with Crippen molar-refractivity contribution in [2.75, 3.05) is 26.9 Å². The Morgan fingerprint density at radius 2 is 1.81 bits per heavy atom. The summed E-state index contributed by atoms with van der Waals surface area (Å²) in [6.45, 7) is 6.21. The van der Waals surface area contributed by atoms with Crippen molar-refractivity contribution in [3.8, 4) is 23.0 Å². The molecule has 4 N–H and O–H groups in total. The topological polar surface area (TPSA) is 149 Å². The highest BCUT2D eigenvalue weighted by Crippen LogP contribution is 2.36. The first-order chi connectivity index (χ1) is 22.6. The molecule has 2 amide bonds. The van der Waals surface area contributed by atoms with Crippen molar-refractivity contribution in [2.24, 2.45) is 5.10 Å². The van der Waals surface area contributed by atoms with E-state index in [4.69, 9.17) is 35.3 Å². The molecule has 1 aliphatic rings. The molecule has 3 aromatic carbocycles. The molecule has 0 unspecified atom stereocenters. The molecular weight excluding hydrogens is 743 g/mol. The van der Waals surface area contributed by atoms with Gasteiger partial charge in [-0.1, -0.05) is 35.9 Å². The number of nitrogens with one attached hydrogen (secondary N) is 3. The van der Waals surface area contributed by atoms with Crippen LogP contribution in [0.15, 0.2) is 71.0 Å². The van der Waals surface area contributed by atoms with Gasteiger partial charge in [0.15, 0.2) is 29.2 Å². The second-order valence-electron chi connectivity index (χ2n) is 10.1. The maximum Gasteiger partial charge on any atom is 0.337 e. The van der Waals surface area contributed by atoms with Gasteiger partial charge in [-0.15, -0.1) is 0 Å². The first-order valence-corrected chi connectivity index (χ1v) is 16.2. The third kappa shape index (κ3) is 9.42. The number of allylic oxidation sites excluding steroid dienone is 1. The molecule has 2 atom stereocenters. The van der Waals surface area contributed by atoms with Gasteiger partial charge in [0.2, 0.25) is 0 Å². The van der Waals surface area contributed by atoms with Crippen LogP contribution in [0.2, 0.25) is 5.02 Å². The van der Waals surface area contributed by atoms with E-state index >= 15 is 0 Å². The monoisotopic (exact) mass is 778 g/mol. The summed E-state index contributed by atoms with van der Waals surface area (Å²) in [5.74, 6) is 1.29. The van der Waals surface area contributed by atoms with E-state index in [0.29, 0.717) is 52.5 Å². The molecule has 0 bridgehead atoms. The van der Waals surface area contributed by atoms with Crippen LogP contribution in [-0.4, -0.2) is 56.5 Å². The molecule has 0 aliphatic carbocycles. The number of methoxy groups -OCH3 is 1. The van der Waals surface area contributed by atoms with Crippen LogP contribution in [-0.2, 0) is 16.1 Å². The van der Waals surface area contributed by atoms with E-state index in [2.05, 4.69) is 43.8 Å². The summed E-state index contributed by atoms with van der Waals surface area (Å²) in [6, 6.07) is 14.9. The van der Waals surface area contributed by atoms with Crippen molar-refractivity contribution in [1.82, 2.24) is 16.1 Å². The fraction of sp³-hybridized carbons (Fsp3) is 0.303. The molecule has 0 aromatic heterocycles. The smallest absolute Gasteiger partial charge is 0.337 e. The average Bonchev–Trinajstić information content (AvgIpc) is 3.04. The van der Waals surface area contributed by atoms with Crippen molar-refractivity contribution in [2.45, 2.75) is 39.6 Å². The van der Waals surface area contributed by atoms with Crippen LogP contribution in [0.3, 0.4) is 0 Å². The normalized spacial score (nSPS) is 15.0. The Hall–Kier alpha value is -4.21. The van der Waals surface area contributed by atoms with Gasteiger partial charge in [0.25, 0.3) is 0 Å². The van der Waals surface area contributed by atoms with Gasteiger partial charge in [-0.3, -0.25) is 5.43 Å². The minimum absolute atomic E-state index is 0.163. The zero-order valence-corrected chi connectivity index (χ0v) is 29.2. The Morgan fingerprint density at radius 1 is 1.06 bits per heavy atom. The summed E-state index contributed by atoms with van der Waals surface area (Å²) >= 11 is 8.45. The largest absolute Gasteiger partial charge is 0.490 e. The van der Waals surface area contributed by atoms with Crippen LogP contribution in [0.5, 0.6) is 23.0 Å². The Morgan fingerprint density at radius 3 is 2.53 bits per heavy atom. The second kappa shape index (κ2) is 17.1. The Balaban J connectivity index is 1.40. The molecule has 0 fully saturated rings. The van der Waals surface area contributed by atoms with Crippen molar-refractivity contribution < 1.29 is 38.4 Å². The molecule has 4 rings (SSSR count). The number of carbonyl (C=O) groups is 2. The number of hydrazone groups is 1. The van der Waals surface area contributed by atoms with Gasteiger partial charge < -0.3 is 39.4 Å². The molecule has 0 spiro atoms. The zero-order valence-electron chi connectivity index (χ0n) is 26.3. The van der Waals surface area contributed by atoms with E-state index in [0.717, 1.165) is 14.7 Å². The predicted molar refractivity (Wildman–Crippen MR) is 185 cm³/mol. The van der Waals surface area contributed by atoms with Crippen LogP contribution in [0, 0.1) is 3.57 Å². The summed E-state index contributed by atoms with van der Waals surface area (Å²) < 4.78 is 29.2. The van der Waals surface area contributed by atoms with E-state index in [1.165, 1.54) is 7.11 Å². The lowest BCUT2D eigenvalue weighted by molar-refractivity contribution is -0.136. The lowest BCUT2D eigenvalue weighted by Gasteiger charge is -2.28. The summed E-state index contributed by atoms with van der Waals surface area (Å²) in [5, 5.41) is 20.7. The second-order valence-corrected chi connectivity index (χ2v) is 11.6. The third-order valence-electron chi connectivity index (χ3n) is 6.77. The predicted octanol–water partition coefficient (Wildman–Crippen LogP) is 5.44. The fourth-order valence-corrected chi connectivity index (χ4v) is 5.62. The fourth-order valence-electron chi connectivity index (χ4n) is 4.65. The van der Waals surface area contributed by atoms with Crippen molar-refractivity contribution in [1.29, 1.82) is 0 Å². The molecule has 0 saturated carbocycles. The number of esters is 1.